The van der Waals surface area contributed by atoms with E-state index in [1.54, 1.807) is 6.08 Å². The lowest BCUT2D eigenvalue weighted by Crippen LogP contribution is -2.46. The van der Waals surface area contributed by atoms with E-state index in [1.807, 2.05) is 6.08 Å². The molecule has 7 heteroatoms. The van der Waals surface area contributed by atoms with E-state index in [4.69, 9.17) is 0 Å². The minimum Gasteiger partial charge on any atom is -0.387 e. The lowest BCUT2D eigenvalue weighted by molar-refractivity contribution is -0.122. The summed E-state index contributed by atoms with van der Waals surface area (Å²) in [6, 6.07) is -1.06. The Labute approximate surface area is 260 Å². The summed E-state index contributed by atoms with van der Waals surface area (Å²) in [5, 5.41) is 13.1. The van der Waals surface area contributed by atoms with Crippen LogP contribution in [0.1, 0.15) is 174 Å². The normalized spacial score (nSPS) is 13.7. The monoisotopic (exact) mass is 613 g/mol. The second kappa shape index (κ2) is 29.9. The highest BCUT2D eigenvalue weighted by Crippen LogP contribution is 2.13. The molecule has 248 valence electrons. The quantitative estimate of drug-likeness (QED) is 0.0410. The number of carbonyl (C=O) groups is 1. The molecule has 0 aromatic heterocycles. The summed E-state index contributed by atoms with van der Waals surface area (Å²) >= 11 is 0. The molecule has 0 aliphatic heterocycles. The standard InChI is InChI=1S/C35H67NO5S/c1-3-5-7-9-11-13-15-17-18-19-21-23-25-27-29-31-35(38)36-33(32-42(39,40)41)34(37)30-28-26-24-22-20-16-14-12-10-8-6-4-2/h17-18,28,30,33-34,37H,3-16,19-27,29,31-32H2,1-2H3,(H,36,38)(H,39,40,41)/b18-17-,30-28+. The molecule has 2 atom stereocenters. The van der Waals surface area contributed by atoms with Crippen molar-refractivity contribution in [3.63, 3.8) is 0 Å². The van der Waals surface area contributed by atoms with E-state index in [0.29, 0.717) is 0 Å². The maximum atomic E-state index is 12.4. The van der Waals surface area contributed by atoms with Crippen LogP contribution in [0, 0.1) is 0 Å². The number of rotatable bonds is 31. The van der Waals surface area contributed by atoms with Gasteiger partial charge in [0.25, 0.3) is 10.1 Å². The highest BCUT2D eigenvalue weighted by Gasteiger charge is 2.24. The summed E-state index contributed by atoms with van der Waals surface area (Å²) in [5.74, 6) is -0.988. The molecule has 1 amide bonds. The zero-order chi connectivity index (χ0) is 31.2. The van der Waals surface area contributed by atoms with Gasteiger partial charge >= 0.3 is 0 Å². The highest BCUT2D eigenvalue weighted by molar-refractivity contribution is 7.85. The molecule has 0 saturated heterocycles. The maximum absolute atomic E-state index is 12.4. The highest BCUT2D eigenvalue weighted by atomic mass is 32.2. The van der Waals surface area contributed by atoms with Crippen LogP contribution >= 0.6 is 0 Å². The lowest BCUT2D eigenvalue weighted by atomic mass is 10.1. The Hall–Kier alpha value is -1.18. The van der Waals surface area contributed by atoms with Gasteiger partial charge in [-0.05, 0) is 44.9 Å². The third-order valence-corrected chi connectivity index (χ3v) is 8.65. The number of hydrogen-bond acceptors (Lipinski definition) is 4. The predicted octanol–water partition coefficient (Wildman–Crippen LogP) is 9.62. The van der Waals surface area contributed by atoms with E-state index in [2.05, 4.69) is 31.3 Å². The molecule has 0 radical (unpaired) electrons. The van der Waals surface area contributed by atoms with Gasteiger partial charge < -0.3 is 10.4 Å². The molecule has 0 rings (SSSR count). The molecule has 0 bridgehead atoms. The van der Waals surface area contributed by atoms with Gasteiger partial charge in [0.15, 0.2) is 0 Å². The van der Waals surface area contributed by atoms with Gasteiger partial charge in [0.2, 0.25) is 5.91 Å². The molecule has 3 N–H and O–H groups in total. The number of hydrogen-bond donors (Lipinski definition) is 3. The van der Waals surface area contributed by atoms with Crippen molar-refractivity contribution >= 4 is 16.0 Å². The van der Waals surface area contributed by atoms with Gasteiger partial charge in [-0.15, -0.1) is 0 Å². The first kappa shape index (κ1) is 40.8. The van der Waals surface area contributed by atoms with Gasteiger partial charge in [-0.25, -0.2) is 0 Å². The smallest absolute Gasteiger partial charge is 0.267 e. The van der Waals surface area contributed by atoms with Crippen molar-refractivity contribution in [2.24, 2.45) is 0 Å². The Morgan fingerprint density at radius 3 is 1.43 bits per heavy atom. The summed E-state index contributed by atoms with van der Waals surface area (Å²) < 4.78 is 32.3. The fourth-order valence-corrected chi connectivity index (χ4v) is 5.94. The van der Waals surface area contributed by atoms with Crippen molar-refractivity contribution in [3.05, 3.63) is 24.3 Å². The Bertz CT molecular complexity index is 765. The first-order valence-electron chi connectivity index (χ1n) is 17.5. The average Bonchev–Trinajstić information content (AvgIpc) is 2.94. The van der Waals surface area contributed by atoms with Crippen molar-refractivity contribution in [3.8, 4) is 0 Å². The maximum Gasteiger partial charge on any atom is 0.267 e. The van der Waals surface area contributed by atoms with Crippen LogP contribution in [0.15, 0.2) is 24.3 Å². The Balaban J connectivity index is 4.02. The summed E-state index contributed by atoms with van der Waals surface area (Å²) in [5.41, 5.74) is 0. The van der Waals surface area contributed by atoms with Gasteiger partial charge in [-0.3, -0.25) is 9.35 Å². The third kappa shape index (κ3) is 30.3. The summed E-state index contributed by atoms with van der Waals surface area (Å²) in [6.45, 7) is 4.48. The molecule has 0 saturated carbocycles. The van der Waals surface area contributed by atoms with Crippen LogP contribution in [-0.2, 0) is 14.9 Å². The zero-order valence-corrected chi connectivity index (χ0v) is 28.2. The number of carbonyl (C=O) groups excluding carboxylic acids is 1. The predicted molar refractivity (Wildman–Crippen MR) is 179 cm³/mol. The summed E-state index contributed by atoms with van der Waals surface area (Å²) in [7, 11) is -4.33. The van der Waals surface area contributed by atoms with Crippen LogP contribution in [0.4, 0.5) is 0 Å². The number of unbranched alkanes of at least 4 members (excludes halogenated alkanes) is 21. The van der Waals surface area contributed by atoms with Gasteiger partial charge in [-0.1, -0.05) is 147 Å². The minimum absolute atomic E-state index is 0.287. The van der Waals surface area contributed by atoms with Gasteiger partial charge in [0, 0.05) is 6.42 Å². The molecular weight excluding hydrogens is 546 g/mol. The number of aliphatic hydroxyl groups is 1. The Morgan fingerprint density at radius 2 is 1.00 bits per heavy atom. The molecule has 0 spiro atoms. The second-order valence-electron chi connectivity index (χ2n) is 12.1. The van der Waals surface area contributed by atoms with Crippen molar-refractivity contribution in [2.75, 3.05) is 5.75 Å². The summed E-state index contributed by atoms with van der Waals surface area (Å²) in [4.78, 5) is 12.4. The minimum atomic E-state index is -4.33. The number of amides is 1. The van der Waals surface area contributed by atoms with Crippen molar-refractivity contribution in [1.29, 1.82) is 0 Å². The molecule has 0 fully saturated rings. The van der Waals surface area contributed by atoms with E-state index < -0.39 is 28.0 Å². The van der Waals surface area contributed by atoms with Crippen LogP contribution in [0.5, 0.6) is 0 Å². The molecule has 0 aromatic rings. The number of aliphatic hydroxyl groups excluding tert-OH is 1. The largest absolute Gasteiger partial charge is 0.387 e. The van der Waals surface area contributed by atoms with E-state index in [0.717, 1.165) is 57.8 Å². The molecule has 0 heterocycles. The number of nitrogens with one attached hydrogen (secondary N) is 1. The van der Waals surface area contributed by atoms with Crippen molar-refractivity contribution in [1.82, 2.24) is 5.32 Å². The molecule has 0 aliphatic rings. The van der Waals surface area contributed by atoms with Gasteiger partial charge in [-0.2, -0.15) is 8.42 Å². The Morgan fingerprint density at radius 1 is 0.619 bits per heavy atom. The van der Waals surface area contributed by atoms with Gasteiger partial charge in [0.05, 0.1) is 17.9 Å². The first-order chi connectivity index (χ1) is 20.3. The van der Waals surface area contributed by atoms with E-state index in [-0.39, 0.29) is 12.3 Å². The van der Waals surface area contributed by atoms with Crippen LogP contribution in [0.25, 0.3) is 0 Å². The van der Waals surface area contributed by atoms with E-state index >= 15 is 0 Å². The van der Waals surface area contributed by atoms with Crippen molar-refractivity contribution < 1.29 is 22.9 Å². The third-order valence-electron chi connectivity index (χ3n) is 7.87. The first-order valence-corrected chi connectivity index (χ1v) is 19.1. The van der Waals surface area contributed by atoms with Crippen LogP contribution in [0.3, 0.4) is 0 Å². The molecule has 6 nitrogen and oxygen atoms in total. The average molecular weight is 614 g/mol. The topological polar surface area (TPSA) is 104 Å². The van der Waals surface area contributed by atoms with Crippen molar-refractivity contribution in [2.45, 2.75) is 187 Å². The second-order valence-corrected chi connectivity index (χ2v) is 13.6. The van der Waals surface area contributed by atoms with E-state index in [9.17, 15) is 22.9 Å². The SMILES string of the molecule is CCCCCCCC/C=C\CCCCCCCC(=O)NC(CS(=O)(=O)O)C(O)/C=C/CCCCCCCCCCCC. The molecule has 0 aromatic carbocycles. The number of allylic oxidation sites excluding steroid dienone is 3. The molecule has 0 aliphatic carbocycles. The fraction of sp³-hybridized carbons (Fsp3) is 0.857. The summed E-state index contributed by atoms with van der Waals surface area (Å²) in [6.07, 6.45) is 35.8. The van der Waals surface area contributed by atoms with Crippen LogP contribution in [-0.4, -0.2) is 41.9 Å². The zero-order valence-electron chi connectivity index (χ0n) is 27.4. The van der Waals surface area contributed by atoms with Crippen LogP contribution < -0.4 is 5.32 Å². The molecular formula is C35H67NO5S. The molecule has 2 unspecified atom stereocenters. The van der Waals surface area contributed by atoms with Gasteiger partial charge in [0.1, 0.15) is 0 Å². The lowest BCUT2D eigenvalue weighted by Gasteiger charge is -2.21. The van der Waals surface area contributed by atoms with E-state index in [1.165, 1.54) is 96.3 Å². The fourth-order valence-electron chi connectivity index (χ4n) is 5.21. The Kier molecular flexibility index (Phi) is 29.0. The molecule has 42 heavy (non-hydrogen) atoms. The van der Waals surface area contributed by atoms with Crippen LogP contribution in [0.2, 0.25) is 0 Å².